The highest BCUT2D eigenvalue weighted by atomic mass is 16.6. The van der Waals surface area contributed by atoms with Crippen molar-refractivity contribution in [1.29, 1.82) is 0 Å². The van der Waals surface area contributed by atoms with E-state index in [2.05, 4.69) is 56.1 Å². The minimum atomic E-state index is -2.31. The van der Waals surface area contributed by atoms with Crippen LogP contribution in [0.15, 0.2) is 42.5 Å². The number of methoxy groups -OCH3 is 3. The van der Waals surface area contributed by atoms with Gasteiger partial charge in [-0.3, -0.25) is 19.4 Å². The van der Waals surface area contributed by atoms with Crippen LogP contribution < -0.4 is 14.5 Å². The monoisotopic (exact) mass is 879 g/mol. The van der Waals surface area contributed by atoms with Crippen LogP contribution in [0.2, 0.25) is 0 Å². The number of aromatic amines is 1. The highest BCUT2D eigenvalue weighted by Gasteiger charge is 2.80. The summed E-state index contributed by atoms with van der Waals surface area (Å²) in [6.45, 7) is 10.6. The van der Waals surface area contributed by atoms with Crippen LogP contribution in [0.4, 0.5) is 11.4 Å². The van der Waals surface area contributed by atoms with Gasteiger partial charge in [-0.25, -0.2) is 4.79 Å². The molecule has 14 heteroatoms. The molecule has 6 aliphatic heterocycles. The van der Waals surface area contributed by atoms with E-state index in [1.54, 1.807) is 7.11 Å². The summed E-state index contributed by atoms with van der Waals surface area (Å²) in [5.74, 6) is -1.55. The Kier molecular flexibility index (Phi) is 10.3. The second kappa shape index (κ2) is 15.2. The Morgan fingerprint density at radius 2 is 1.67 bits per heavy atom. The van der Waals surface area contributed by atoms with Gasteiger partial charge in [0.1, 0.15) is 11.2 Å². The number of ether oxygens (including phenoxy) is 4. The van der Waals surface area contributed by atoms with Crippen molar-refractivity contribution in [3.05, 3.63) is 64.9 Å². The average Bonchev–Trinajstić information content (AvgIpc) is 4.10. The number of likely N-dealkylation sites (N-methyl/N-ethyl adjacent to an activating group) is 1. The summed E-state index contributed by atoms with van der Waals surface area (Å²) in [4.78, 5) is 56.2. The van der Waals surface area contributed by atoms with Crippen LogP contribution in [0.5, 0.6) is 5.75 Å². The van der Waals surface area contributed by atoms with Crippen LogP contribution in [0.25, 0.3) is 10.9 Å². The van der Waals surface area contributed by atoms with Gasteiger partial charge in [0.05, 0.1) is 33.0 Å². The fraction of sp³-hybridized carbons (Fsp3) is 0.620. The molecule has 7 aliphatic rings. The maximum atomic E-state index is 15.6. The maximum absolute atomic E-state index is 15.6. The predicted octanol–water partition coefficient (Wildman–Crippen LogP) is 4.59. The molecule has 14 nitrogen and oxygen atoms in total. The molecule has 7 heterocycles. The zero-order valence-electron chi connectivity index (χ0n) is 38.5. The summed E-state index contributed by atoms with van der Waals surface area (Å²) in [5.41, 5.74) is -0.436. The largest absolute Gasteiger partial charge is 0.496 e. The van der Waals surface area contributed by atoms with Gasteiger partial charge in [0.2, 0.25) is 5.60 Å². The van der Waals surface area contributed by atoms with E-state index in [9.17, 15) is 19.8 Å². The molecule has 10 rings (SSSR count). The van der Waals surface area contributed by atoms with Crippen LogP contribution in [0.1, 0.15) is 88.1 Å². The average molecular weight is 880 g/mol. The standard InChI is InChI=1S/C50H65N5O9/c1-8-46(59)26-31-27-49(44(57)62-6,40-33(15-21-53(28-31)29-46)34-23-32(13-14-37(34)51-40)54-18-10-11-19-54)36-24-35-38(25-39(36)61-5)52(4)42-48(35)17-22-55-20-12-16-47(9-2,41(48)55)43(64-30(3)56)50(42,60)45(58)63-7/h12-14,16,23-25,31,41-43,51,59-60H,8-11,15,17-22,26-29H2,1-7H3/t31-,41+,42-,43-,46+,47-,48-,49+,50+/m1/s1. The van der Waals surface area contributed by atoms with E-state index < -0.39 is 57.5 Å². The molecule has 2 bridgehead atoms. The molecule has 1 spiro atoms. The van der Waals surface area contributed by atoms with E-state index in [1.807, 2.05) is 31.9 Å². The van der Waals surface area contributed by atoms with Gasteiger partial charge in [0.25, 0.3) is 0 Å². The van der Waals surface area contributed by atoms with Crippen molar-refractivity contribution >= 4 is 40.2 Å². The number of rotatable bonds is 8. The zero-order chi connectivity index (χ0) is 45.1. The quantitative estimate of drug-likeness (QED) is 0.164. The Morgan fingerprint density at radius 3 is 2.36 bits per heavy atom. The molecule has 344 valence electrons. The zero-order valence-corrected chi connectivity index (χ0v) is 38.5. The van der Waals surface area contributed by atoms with Crippen molar-refractivity contribution in [2.45, 2.75) is 112 Å². The van der Waals surface area contributed by atoms with Crippen LogP contribution >= 0.6 is 0 Å². The van der Waals surface area contributed by atoms with Crippen molar-refractivity contribution in [3.8, 4) is 5.75 Å². The first kappa shape index (κ1) is 43.3. The van der Waals surface area contributed by atoms with Crippen molar-refractivity contribution in [2.75, 3.05) is 84.0 Å². The third-order valence-corrected chi connectivity index (χ3v) is 17.1. The fourth-order valence-corrected chi connectivity index (χ4v) is 14.7. The molecule has 4 fully saturated rings. The third-order valence-electron chi connectivity index (χ3n) is 17.1. The number of carbonyl (C=O) groups is 3. The molecule has 0 amide bonds. The Balaban J connectivity index is 1.27. The maximum Gasteiger partial charge on any atom is 0.344 e. The number of nitrogens with zero attached hydrogens (tertiary/aromatic N) is 4. The lowest BCUT2D eigenvalue weighted by Gasteiger charge is -2.63. The number of nitrogens with one attached hydrogen (secondary N) is 1. The fourth-order valence-electron chi connectivity index (χ4n) is 14.7. The number of fused-ring (bicyclic) bond motifs is 6. The number of hydrogen-bond donors (Lipinski definition) is 3. The topological polar surface area (TPSA) is 157 Å². The summed E-state index contributed by atoms with van der Waals surface area (Å²) in [6.07, 6.45) is 8.25. The van der Waals surface area contributed by atoms with Crippen molar-refractivity contribution < 1.29 is 43.5 Å². The normalized spacial score (nSPS) is 36.3. The lowest BCUT2D eigenvalue weighted by Crippen LogP contribution is -2.81. The van der Waals surface area contributed by atoms with E-state index >= 15 is 4.79 Å². The minimum absolute atomic E-state index is 0.108. The molecule has 0 radical (unpaired) electrons. The van der Waals surface area contributed by atoms with Gasteiger partial charge < -0.3 is 43.9 Å². The first-order valence-corrected chi connectivity index (χ1v) is 23.5. The molecule has 3 saturated heterocycles. The van der Waals surface area contributed by atoms with E-state index in [1.165, 1.54) is 21.1 Å². The molecule has 1 aliphatic carbocycles. The third kappa shape index (κ3) is 5.73. The van der Waals surface area contributed by atoms with Gasteiger partial charge in [-0.2, -0.15) is 0 Å². The number of benzene rings is 2. The number of aromatic nitrogens is 1. The highest BCUT2D eigenvalue weighted by Crippen LogP contribution is 2.68. The van der Waals surface area contributed by atoms with Crippen LogP contribution in [-0.2, 0) is 45.8 Å². The van der Waals surface area contributed by atoms with Gasteiger partial charge in [-0.15, -0.1) is 0 Å². The molecule has 10 atom stereocenters. The molecule has 64 heavy (non-hydrogen) atoms. The predicted molar refractivity (Wildman–Crippen MR) is 242 cm³/mol. The van der Waals surface area contributed by atoms with Gasteiger partial charge in [0, 0.05) is 110 Å². The Morgan fingerprint density at radius 1 is 0.906 bits per heavy atom. The summed E-state index contributed by atoms with van der Waals surface area (Å²) in [5, 5.41) is 26.6. The summed E-state index contributed by atoms with van der Waals surface area (Å²) < 4.78 is 24.2. The Labute approximate surface area is 375 Å². The summed E-state index contributed by atoms with van der Waals surface area (Å²) >= 11 is 0. The van der Waals surface area contributed by atoms with E-state index in [4.69, 9.17) is 18.9 Å². The SMILES string of the molecule is CC[C@]1(O)C[C@H]2CN(CCc3c([nH]c4ccc(N5CCCC5)cc34)[C@@](C(=O)OC)(c3cc4c(cc3OC)N(C)[C@H]3[C@@](O)(C(=O)OC)[C@H](OC(C)=O)[C@]5(CC)C=CCN6CC[C@]43[C@@H]65)C2)C1. The first-order valence-electron chi connectivity index (χ1n) is 23.5. The molecule has 1 aromatic heterocycles. The number of esters is 3. The Bertz CT molecular complexity index is 2430. The van der Waals surface area contributed by atoms with Crippen molar-refractivity contribution in [2.24, 2.45) is 11.3 Å². The number of hydrogen-bond acceptors (Lipinski definition) is 13. The van der Waals surface area contributed by atoms with Gasteiger partial charge in [0.15, 0.2) is 6.10 Å². The van der Waals surface area contributed by atoms with Gasteiger partial charge in [-0.05, 0) is 99.2 Å². The smallest absolute Gasteiger partial charge is 0.344 e. The Hall–Kier alpha value is -4.63. The first-order chi connectivity index (χ1) is 30.7. The number of carbonyl (C=O) groups excluding carboxylic acids is 3. The van der Waals surface area contributed by atoms with Gasteiger partial charge >= 0.3 is 17.9 Å². The van der Waals surface area contributed by atoms with Crippen LogP contribution in [-0.4, -0.2) is 146 Å². The minimum Gasteiger partial charge on any atom is -0.496 e. The molecular formula is C50H65N5O9. The number of H-pyrrole nitrogens is 1. The molecule has 1 saturated carbocycles. The van der Waals surface area contributed by atoms with Gasteiger partial charge in [-0.1, -0.05) is 26.0 Å². The second-order valence-corrected chi connectivity index (χ2v) is 20.1. The summed E-state index contributed by atoms with van der Waals surface area (Å²) in [6, 6.07) is 9.45. The molecule has 3 N–H and O–H groups in total. The second-order valence-electron chi connectivity index (χ2n) is 20.1. The van der Waals surface area contributed by atoms with E-state index in [-0.39, 0.29) is 12.0 Å². The van der Waals surface area contributed by atoms with Crippen LogP contribution in [0, 0.1) is 11.3 Å². The van der Waals surface area contributed by atoms with Crippen molar-refractivity contribution in [3.63, 3.8) is 0 Å². The van der Waals surface area contributed by atoms with E-state index in [0.717, 1.165) is 65.0 Å². The molecule has 1 unspecified atom stereocenters. The molecule has 3 aromatic rings. The van der Waals surface area contributed by atoms with E-state index in [0.29, 0.717) is 82.6 Å². The molecule has 2 aromatic carbocycles. The lowest BCUT2D eigenvalue weighted by molar-refractivity contribution is -0.228. The highest BCUT2D eigenvalue weighted by molar-refractivity contribution is 5.96. The lowest BCUT2D eigenvalue weighted by atomic mass is 9.47. The number of piperidine rings is 1. The summed E-state index contributed by atoms with van der Waals surface area (Å²) in [7, 11) is 6.21. The number of anilines is 2. The van der Waals surface area contributed by atoms with Crippen molar-refractivity contribution in [1.82, 2.24) is 14.8 Å². The van der Waals surface area contributed by atoms with Crippen LogP contribution in [0.3, 0.4) is 0 Å². The number of aliphatic hydroxyl groups is 2. The molecular weight excluding hydrogens is 815 g/mol.